The number of benzene rings is 4. The van der Waals surface area contributed by atoms with E-state index in [0.29, 0.717) is 16.9 Å². The van der Waals surface area contributed by atoms with Gasteiger partial charge in [0.1, 0.15) is 0 Å². The topological polar surface area (TPSA) is 66.5 Å². The van der Waals surface area contributed by atoms with Crippen molar-refractivity contribution in [2.24, 2.45) is 11.8 Å². The number of carbonyl (C=O) groups excluding carboxylic acids is 3. The van der Waals surface area contributed by atoms with Crippen molar-refractivity contribution in [1.29, 1.82) is 0 Å². The summed E-state index contributed by atoms with van der Waals surface area (Å²) < 4.78 is -1.71. The molecule has 0 unspecified atom stereocenters. The highest BCUT2D eigenvalue weighted by Gasteiger charge is 2.72. The number of halogens is 2. The lowest BCUT2D eigenvalue weighted by molar-refractivity contribution is -0.122. The Labute approximate surface area is 236 Å². The van der Waals surface area contributed by atoms with Gasteiger partial charge in [-0.05, 0) is 52.6 Å². The second-order valence-corrected chi connectivity index (χ2v) is 12.4. The lowest BCUT2D eigenvalue weighted by Crippen LogP contribution is -2.56. The van der Waals surface area contributed by atoms with Crippen molar-refractivity contribution in [1.82, 2.24) is 0 Å². The fourth-order valence-corrected chi connectivity index (χ4v) is 8.74. The maximum absolute atomic E-state index is 14.2. The molecule has 5 nitrogen and oxygen atoms in total. The molecule has 38 heavy (non-hydrogen) atoms. The number of anilines is 2. The molecule has 0 saturated carbocycles. The van der Waals surface area contributed by atoms with E-state index in [1.807, 2.05) is 66.7 Å². The van der Waals surface area contributed by atoms with Gasteiger partial charge in [-0.2, -0.15) is 0 Å². The number of amides is 3. The van der Waals surface area contributed by atoms with Gasteiger partial charge in [-0.3, -0.25) is 14.4 Å². The summed E-state index contributed by atoms with van der Waals surface area (Å²) in [6, 6.07) is 31.8. The molecule has 4 aromatic carbocycles. The molecule has 1 fully saturated rings. The minimum absolute atomic E-state index is 0.287. The lowest BCUT2D eigenvalue weighted by Gasteiger charge is -2.55. The Bertz CT molecular complexity index is 1550. The van der Waals surface area contributed by atoms with E-state index < -0.39 is 20.5 Å². The number of hydrogen-bond donors (Lipinski definition) is 1. The fourth-order valence-electron chi connectivity index (χ4n) is 6.43. The largest absolute Gasteiger partial charge is 0.322 e. The third-order valence-corrected chi connectivity index (χ3v) is 10.7. The zero-order valence-electron chi connectivity index (χ0n) is 19.9. The molecule has 4 aromatic rings. The van der Waals surface area contributed by atoms with Crippen molar-refractivity contribution in [2.45, 2.75) is 8.65 Å². The molecule has 1 saturated heterocycles. The minimum Gasteiger partial charge on any atom is -0.322 e. The van der Waals surface area contributed by atoms with Crippen LogP contribution in [0.1, 0.15) is 32.6 Å². The predicted octanol–water partition coefficient (Wildman–Crippen LogP) is 6.35. The third kappa shape index (κ3) is 2.94. The van der Waals surface area contributed by atoms with E-state index >= 15 is 0 Å². The number of hydrogen-bond acceptors (Lipinski definition) is 3. The quantitative estimate of drug-likeness (QED) is 0.213. The summed E-state index contributed by atoms with van der Waals surface area (Å²) in [5, 5.41) is 2.87. The average Bonchev–Trinajstić information content (AvgIpc) is 3.23. The summed E-state index contributed by atoms with van der Waals surface area (Å²) in [6.45, 7) is 0. The van der Waals surface area contributed by atoms with Crippen molar-refractivity contribution in [3.8, 4) is 0 Å². The normalized spacial score (nSPS) is 26.5. The van der Waals surface area contributed by atoms with Gasteiger partial charge in [-0.1, -0.05) is 105 Å². The van der Waals surface area contributed by atoms with Gasteiger partial charge in [0.05, 0.1) is 26.2 Å². The van der Waals surface area contributed by atoms with Crippen molar-refractivity contribution < 1.29 is 14.4 Å². The predicted molar refractivity (Wildman–Crippen MR) is 153 cm³/mol. The van der Waals surface area contributed by atoms with Crippen molar-refractivity contribution >= 4 is 61.0 Å². The van der Waals surface area contributed by atoms with Crippen LogP contribution in [0.3, 0.4) is 0 Å². The van der Waals surface area contributed by atoms with Crippen LogP contribution in [0.5, 0.6) is 0 Å². The standard InChI is InChI=1S/C31H20Br2N2O3/c32-30-21-13-4-5-14-22(21)31(33,24-16-7-6-15-23(24)30)26-25(30)28(37)35(29(26)38)20-12-8-9-18(17-20)27(36)34-19-10-2-1-3-11-19/h1-17,25-26H,(H,34,36)/t25-,26-,30?,31?/m1/s1. The lowest BCUT2D eigenvalue weighted by atomic mass is 9.54. The van der Waals surface area contributed by atoms with E-state index in [9.17, 15) is 14.4 Å². The highest BCUT2D eigenvalue weighted by molar-refractivity contribution is 9.10. The first-order chi connectivity index (χ1) is 18.4. The number of nitrogens with zero attached hydrogens (tertiary/aromatic N) is 1. The van der Waals surface area contributed by atoms with Gasteiger partial charge in [-0.25, -0.2) is 4.90 Å². The van der Waals surface area contributed by atoms with Crippen LogP contribution in [0, 0.1) is 11.8 Å². The Morgan fingerprint density at radius 1 is 0.658 bits per heavy atom. The molecular formula is C31H20Br2N2O3. The molecule has 2 bridgehead atoms. The van der Waals surface area contributed by atoms with Crippen LogP contribution in [-0.2, 0) is 18.2 Å². The molecule has 0 spiro atoms. The number of carbonyl (C=O) groups is 3. The van der Waals surface area contributed by atoms with Crippen LogP contribution < -0.4 is 10.2 Å². The molecule has 8 rings (SSSR count). The first kappa shape index (κ1) is 23.6. The molecular weight excluding hydrogens is 608 g/mol. The Morgan fingerprint density at radius 3 is 1.63 bits per heavy atom. The summed E-state index contributed by atoms with van der Waals surface area (Å²) in [5.74, 6) is -2.22. The van der Waals surface area contributed by atoms with Crippen LogP contribution in [0.15, 0.2) is 103 Å². The summed E-state index contributed by atoms with van der Waals surface area (Å²) in [6.07, 6.45) is 0. The van der Waals surface area contributed by atoms with E-state index in [0.717, 1.165) is 22.3 Å². The molecule has 3 aliphatic carbocycles. The average molecular weight is 628 g/mol. The second-order valence-electron chi connectivity index (χ2n) is 9.85. The molecule has 7 heteroatoms. The highest BCUT2D eigenvalue weighted by Crippen LogP contribution is 2.70. The first-order valence-corrected chi connectivity index (χ1v) is 13.9. The zero-order valence-corrected chi connectivity index (χ0v) is 23.1. The van der Waals surface area contributed by atoms with Crippen molar-refractivity contribution in [3.05, 3.63) is 131 Å². The first-order valence-electron chi connectivity index (χ1n) is 12.3. The fraction of sp³-hybridized carbons (Fsp3) is 0.129. The van der Waals surface area contributed by atoms with E-state index in [1.165, 1.54) is 4.90 Å². The van der Waals surface area contributed by atoms with E-state index in [4.69, 9.17) is 0 Å². The van der Waals surface area contributed by atoms with Crippen LogP contribution in [0.4, 0.5) is 11.4 Å². The van der Waals surface area contributed by atoms with Crippen LogP contribution in [-0.4, -0.2) is 17.7 Å². The van der Waals surface area contributed by atoms with E-state index in [2.05, 4.69) is 37.2 Å². The number of alkyl halides is 2. The van der Waals surface area contributed by atoms with Crippen molar-refractivity contribution in [3.63, 3.8) is 0 Å². The van der Waals surface area contributed by atoms with Crippen LogP contribution >= 0.6 is 31.9 Å². The maximum atomic E-state index is 14.2. The Hall–Kier alpha value is -3.55. The third-order valence-electron chi connectivity index (χ3n) is 7.98. The smallest absolute Gasteiger partial charge is 0.255 e. The Morgan fingerprint density at radius 2 is 1.13 bits per heavy atom. The molecule has 186 valence electrons. The number of nitrogens with one attached hydrogen (secondary N) is 1. The van der Waals surface area contributed by atoms with Gasteiger partial charge in [0, 0.05) is 11.3 Å². The monoisotopic (exact) mass is 626 g/mol. The van der Waals surface area contributed by atoms with Crippen LogP contribution in [0.2, 0.25) is 0 Å². The Balaban J connectivity index is 1.34. The molecule has 0 radical (unpaired) electrons. The number of para-hydroxylation sites is 1. The van der Waals surface area contributed by atoms with Gasteiger partial charge in [0.25, 0.3) is 5.91 Å². The molecule has 1 heterocycles. The minimum atomic E-state index is -0.857. The van der Waals surface area contributed by atoms with E-state index in [1.54, 1.807) is 36.4 Å². The van der Waals surface area contributed by atoms with Gasteiger partial charge in [-0.15, -0.1) is 0 Å². The highest BCUT2D eigenvalue weighted by atomic mass is 79.9. The van der Waals surface area contributed by atoms with E-state index in [-0.39, 0.29) is 17.7 Å². The molecule has 3 amide bonds. The summed E-state index contributed by atoms with van der Waals surface area (Å²) in [5.41, 5.74) is 5.34. The summed E-state index contributed by atoms with van der Waals surface area (Å²) >= 11 is 8.04. The van der Waals surface area contributed by atoms with Gasteiger partial charge < -0.3 is 5.32 Å². The number of rotatable bonds is 3. The molecule has 4 aliphatic rings. The summed E-state index contributed by atoms with van der Waals surface area (Å²) in [7, 11) is 0. The number of imide groups is 1. The van der Waals surface area contributed by atoms with Crippen molar-refractivity contribution in [2.75, 3.05) is 10.2 Å². The zero-order chi connectivity index (χ0) is 26.2. The van der Waals surface area contributed by atoms with Gasteiger partial charge in [0.15, 0.2) is 0 Å². The molecule has 0 aromatic heterocycles. The van der Waals surface area contributed by atoms with Crippen LogP contribution in [0.25, 0.3) is 0 Å². The molecule has 1 N–H and O–H groups in total. The van der Waals surface area contributed by atoms with Gasteiger partial charge >= 0.3 is 0 Å². The molecule has 1 aliphatic heterocycles. The van der Waals surface area contributed by atoms with Gasteiger partial charge in [0.2, 0.25) is 11.8 Å². The SMILES string of the molecule is O=C(Nc1ccccc1)c1cccc(N2C(=O)[C@H]3[C@H](C2=O)C2(Br)c4ccccc4C3(Br)c3ccccc32)c1. The summed E-state index contributed by atoms with van der Waals surface area (Å²) in [4.78, 5) is 42.7. The second kappa shape index (κ2) is 8.22. The molecule has 2 atom stereocenters. The Kier molecular flexibility index (Phi) is 5.10. The maximum Gasteiger partial charge on any atom is 0.255 e.